The lowest BCUT2D eigenvalue weighted by Gasteiger charge is -2.27. The maximum Gasteiger partial charge on any atom is 0.144 e. The molecular formula is C46H68P2+2. The molecule has 0 bridgehead atoms. The summed E-state index contributed by atoms with van der Waals surface area (Å²) in [6.45, 7) is 9.61. The Hall–Kier alpha value is -2.26. The Balaban J connectivity index is 0.000000262. The van der Waals surface area contributed by atoms with Gasteiger partial charge >= 0.3 is 0 Å². The van der Waals surface area contributed by atoms with Crippen LogP contribution >= 0.6 is 14.5 Å². The van der Waals surface area contributed by atoms with Crippen LogP contribution in [0.5, 0.6) is 0 Å². The van der Waals surface area contributed by atoms with Crippen LogP contribution in [0.3, 0.4) is 0 Å². The van der Waals surface area contributed by atoms with E-state index in [1.807, 2.05) is 0 Å². The lowest BCUT2D eigenvalue weighted by atomic mass is 10.0. The van der Waals surface area contributed by atoms with E-state index in [1.165, 1.54) is 130 Å². The zero-order valence-electron chi connectivity index (χ0n) is 31.2. The highest BCUT2D eigenvalue weighted by Crippen LogP contribution is 2.58. The predicted molar refractivity (Wildman–Crippen MR) is 225 cm³/mol. The van der Waals surface area contributed by atoms with Gasteiger partial charge in [0.15, 0.2) is 0 Å². The molecule has 4 aromatic rings. The molecule has 0 aliphatic heterocycles. The topological polar surface area (TPSA) is 0 Å². The zero-order valence-corrected chi connectivity index (χ0v) is 33.0. The minimum Gasteiger partial charge on any atom is -0.0654 e. The van der Waals surface area contributed by atoms with Gasteiger partial charge in [0, 0.05) is 7.26 Å². The molecule has 0 unspecified atom stereocenters. The predicted octanol–water partition coefficient (Wildman–Crippen LogP) is 12.9. The molecule has 4 aromatic carbocycles. The molecule has 0 radical (unpaired) electrons. The fourth-order valence-corrected chi connectivity index (χ4v) is 14.7. The molecule has 0 saturated carbocycles. The molecule has 0 saturated heterocycles. The quantitative estimate of drug-likeness (QED) is 0.0572. The molecule has 0 aliphatic rings. The van der Waals surface area contributed by atoms with Gasteiger partial charge in [-0.2, -0.15) is 0 Å². The summed E-state index contributed by atoms with van der Waals surface area (Å²) in [7, 11) is -2.43. The highest BCUT2D eigenvalue weighted by molar-refractivity contribution is 8.01. The molecule has 0 aromatic heterocycles. The molecule has 48 heavy (non-hydrogen) atoms. The summed E-state index contributed by atoms with van der Waals surface area (Å²) in [6.07, 6.45) is 26.7. The molecule has 0 atom stereocenters. The van der Waals surface area contributed by atoms with Crippen molar-refractivity contribution >= 4 is 35.7 Å². The van der Waals surface area contributed by atoms with E-state index in [4.69, 9.17) is 0 Å². The Morgan fingerprint density at radius 2 is 0.562 bits per heavy atom. The second-order valence-electron chi connectivity index (χ2n) is 13.6. The molecule has 0 amide bonds. The molecule has 0 N–H and O–H groups in total. The molecule has 0 aliphatic carbocycles. The van der Waals surface area contributed by atoms with Crippen LogP contribution in [-0.4, -0.2) is 24.6 Å². The summed E-state index contributed by atoms with van der Waals surface area (Å²) in [5, 5.41) is 5.55. The van der Waals surface area contributed by atoms with Gasteiger partial charge in [-0.1, -0.05) is 157 Å². The first-order valence-corrected chi connectivity index (χ1v) is 23.9. The molecule has 0 nitrogen and oxygen atoms in total. The average Bonchev–Trinajstić information content (AvgIpc) is 3.16. The van der Waals surface area contributed by atoms with Crippen molar-refractivity contribution in [3.8, 4) is 0 Å². The minimum absolute atomic E-state index is 0.523. The van der Waals surface area contributed by atoms with Gasteiger partial charge in [0.05, 0.1) is 24.6 Å². The minimum atomic E-state index is -1.91. The van der Waals surface area contributed by atoms with Gasteiger partial charge in [0.1, 0.15) is 28.5 Å². The molecule has 2 heteroatoms. The SMILES string of the molecule is CCCCCCCCCCCCCCCC[P+](CC)(CC)CC.c1ccc([P+](c2ccccc2)(c2ccccc2)c2ccccc2)cc1. The third-order valence-corrected chi connectivity index (χ3v) is 20.2. The van der Waals surface area contributed by atoms with Crippen LogP contribution in [0.4, 0.5) is 0 Å². The summed E-state index contributed by atoms with van der Waals surface area (Å²) in [6, 6.07) is 43.8. The van der Waals surface area contributed by atoms with Crippen LogP contribution in [0.2, 0.25) is 0 Å². The summed E-state index contributed by atoms with van der Waals surface area (Å²) >= 11 is 0. The van der Waals surface area contributed by atoms with Crippen molar-refractivity contribution in [2.24, 2.45) is 0 Å². The van der Waals surface area contributed by atoms with Gasteiger partial charge in [0.2, 0.25) is 0 Å². The number of unbranched alkanes of at least 4 members (excludes halogenated alkanes) is 13. The van der Waals surface area contributed by atoms with Gasteiger partial charge < -0.3 is 0 Å². The number of rotatable bonds is 22. The van der Waals surface area contributed by atoms with E-state index in [1.54, 1.807) is 6.16 Å². The molecular weight excluding hydrogens is 614 g/mol. The monoisotopic (exact) mass is 682 g/mol. The van der Waals surface area contributed by atoms with Crippen LogP contribution < -0.4 is 21.2 Å². The summed E-state index contributed by atoms with van der Waals surface area (Å²) in [4.78, 5) is 0. The average molecular weight is 683 g/mol. The van der Waals surface area contributed by atoms with Gasteiger partial charge in [-0.3, -0.25) is 0 Å². The molecule has 0 fully saturated rings. The largest absolute Gasteiger partial charge is 0.144 e. The van der Waals surface area contributed by atoms with Crippen LogP contribution in [0.25, 0.3) is 0 Å². The molecule has 260 valence electrons. The van der Waals surface area contributed by atoms with Crippen molar-refractivity contribution in [3.63, 3.8) is 0 Å². The second-order valence-corrected chi connectivity index (χ2v) is 22.1. The maximum absolute atomic E-state index is 2.44. The highest BCUT2D eigenvalue weighted by atomic mass is 31.2. The standard InChI is InChI=1S/C24H20P.C22H48P/c1-5-13-21(14-6-1)25(22-15-7-2-8-16-22,23-17-9-3-10-18-23)24-19-11-4-12-20-24;1-5-9-10-11-12-13-14-15-16-17-18-19-20-21-22-23(6-2,7-3)8-4/h1-20H;5-22H2,1-4H3/q2*+1. The van der Waals surface area contributed by atoms with E-state index in [2.05, 4.69) is 149 Å². The van der Waals surface area contributed by atoms with Crippen LogP contribution in [0, 0.1) is 0 Å². The fourth-order valence-electron chi connectivity index (χ4n) is 7.29. The van der Waals surface area contributed by atoms with E-state index in [9.17, 15) is 0 Å². The smallest absolute Gasteiger partial charge is 0.0654 e. The van der Waals surface area contributed by atoms with Crippen molar-refractivity contribution in [2.45, 2.75) is 118 Å². The molecule has 0 spiro atoms. The van der Waals surface area contributed by atoms with E-state index in [-0.39, 0.29) is 0 Å². The van der Waals surface area contributed by atoms with Crippen molar-refractivity contribution in [3.05, 3.63) is 121 Å². The normalized spacial score (nSPS) is 11.6. The first kappa shape index (κ1) is 40.2. The summed E-state index contributed by atoms with van der Waals surface area (Å²) in [5.74, 6) is 0. The Labute approximate surface area is 298 Å². The Bertz CT molecular complexity index is 1130. The Morgan fingerprint density at radius 3 is 0.812 bits per heavy atom. The van der Waals surface area contributed by atoms with E-state index in [0.29, 0.717) is 0 Å². The van der Waals surface area contributed by atoms with E-state index >= 15 is 0 Å². The van der Waals surface area contributed by atoms with E-state index in [0.717, 1.165) is 0 Å². The van der Waals surface area contributed by atoms with Crippen LogP contribution in [-0.2, 0) is 0 Å². The highest BCUT2D eigenvalue weighted by Gasteiger charge is 2.47. The molecule has 0 heterocycles. The first-order chi connectivity index (χ1) is 23.7. The maximum atomic E-state index is 2.44. The molecule has 4 rings (SSSR count). The van der Waals surface area contributed by atoms with Gasteiger partial charge in [-0.25, -0.2) is 0 Å². The van der Waals surface area contributed by atoms with Gasteiger partial charge in [-0.15, -0.1) is 0 Å². The lowest BCUT2D eigenvalue weighted by Crippen LogP contribution is -2.38. The van der Waals surface area contributed by atoms with Gasteiger partial charge in [0.25, 0.3) is 0 Å². The third-order valence-electron chi connectivity index (χ3n) is 10.6. The first-order valence-electron chi connectivity index (χ1n) is 19.6. The van der Waals surface area contributed by atoms with Gasteiger partial charge in [-0.05, 0) is 82.1 Å². The van der Waals surface area contributed by atoms with Crippen molar-refractivity contribution in [1.29, 1.82) is 0 Å². The number of hydrogen-bond acceptors (Lipinski definition) is 0. The number of hydrogen-bond donors (Lipinski definition) is 0. The van der Waals surface area contributed by atoms with Crippen molar-refractivity contribution in [1.82, 2.24) is 0 Å². The Morgan fingerprint density at radius 1 is 0.312 bits per heavy atom. The summed E-state index contributed by atoms with van der Waals surface area (Å²) in [5.41, 5.74) is 0. The lowest BCUT2D eigenvalue weighted by molar-refractivity contribution is 0.538. The second kappa shape index (κ2) is 24.0. The fraction of sp³-hybridized carbons (Fsp3) is 0.478. The zero-order chi connectivity index (χ0) is 34.2. The Kier molecular flexibility index (Phi) is 20.1. The van der Waals surface area contributed by atoms with Crippen molar-refractivity contribution in [2.75, 3.05) is 24.6 Å². The van der Waals surface area contributed by atoms with Crippen LogP contribution in [0.1, 0.15) is 118 Å². The summed E-state index contributed by atoms with van der Waals surface area (Å²) < 4.78 is 0. The third kappa shape index (κ3) is 12.6. The van der Waals surface area contributed by atoms with E-state index < -0.39 is 14.5 Å². The van der Waals surface area contributed by atoms with Crippen molar-refractivity contribution < 1.29 is 0 Å². The van der Waals surface area contributed by atoms with Crippen LogP contribution in [0.15, 0.2) is 121 Å². The number of benzene rings is 4.